The Morgan fingerprint density at radius 3 is 2.36 bits per heavy atom. The van der Waals surface area contributed by atoms with Crippen LogP contribution in [0.15, 0.2) is 24.3 Å². The lowest BCUT2D eigenvalue weighted by molar-refractivity contribution is -0.920. The maximum absolute atomic E-state index is 13.0. The largest absolute Gasteiger partial charge is 0.324 e. The van der Waals surface area contributed by atoms with E-state index in [1.54, 1.807) is 0 Å². The molecule has 2 saturated heterocycles. The van der Waals surface area contributed by atoms with Crippen molar-refractivity contribution < 1.29 is 18.9 Å². The van der Waals surface area contributed by atoms with E-state index >= 15 is 0 Å². The highest BCUT2D eigenvalue weighted by Gasteiger charge is 2.45. The van der Waals surface area contributed by atoms with Crippen LogP contribution in [0.25, 0.3) is 0 Å². The molecule has 2 fully saturated rings. The summed E-state index contributed by atoms with van der Waals surface area (Å²) in [6.45, 7) is 4.10. The third-order valence-corrected chi connectivity index (χ3v) is 5.02. The normalized spacial score (nSPS) is 29.2. The Labute approximate surface area is 129 Å². The molecule has 0 aromatic heterocycles. The predicted octanol–water partition coefficient (Wildman–Crippen LogP) is 0.735. The van der Waals surface area contributed by atoms with Crippen molar-refractivity contribution in [1.82, 2.24) is 4.90 Å². The van der Waals surface area contributed by atoms with Gasteiger partial charge in [0.1, 0.15) is 5.82 Å². The fourth-order valence-electron chi connectivity index (χ4n) is 3.74. The summed E-state index contributed by atoms with van der Waals surface area (Å²) in [7, 11) is 0. The van der Waals surface area contributed by atoms with Crippen LogP contribution in [0.5, 0.6) is 0 Å². The third kappa shape index (κ3) is 2.77. The molecular weight excluding hydrogens is 283 g/mol. The number of nitrogens with zero attached hydrogens (tertiary/aromatic N) is 1. The van der Waals surface area contributed by atoms with Crippen molar-refractivity contribution in [2.75, 3.05) is 19.6 Å². The zero-order valence-corrected chi connectivity index (χ0v) is 12.8. The van der Waals surface area contributed by atoms with Crippen molar-refractivity contribution in [3.8, 4) is 0 Å². The monoisotopic (exact) mass is 305 g/mol. The number of carbonyl (C=O) groups excluding carboxylic acids is 2. The number of quaternary nitrogens is 1. The molecule has 0 aliphatic carbocycles. The van der Waals surface area contributed by atoms with E-state index in [2.05, 4.69) is 0 Å². The van der Waals surface area contributed by atoms with Crippen molar-refractivity contribution in [3.05, 3.63) is 35.6 Å². The van der Waals surface area contributed by atoms with Crippen LogP contribution in [0, 0.1) is 5.82 Å². The van der Waals surface area contributed by atoms with E-state index < -0.39 is 0 Å². The first-order valence-corrected chi connectivity index (χ1v) is 8.04. The number of benzene rings is 1. The second kappa shape index (κ2) is 6.16. The van der Waals surface area contributed by atoms with Gasteiger partial charge in [0.2, 0.25) is 5.91 Å². The summed E-state index contributed by atoms with van der Waals surface area (Å²) in [4.78, 5) is 26.7. The van der Waals surface area contributed by atoms with E-state index in [0.29, 0.717) is 18.9 Å². The average molecular weight is 305 g/mol. The second-order valence-electron chi connectivity index (χ2n) is 6.22. The molecule has 1 atom stereocenters. The van der Waals surface area contributed by atoms with Crippen molar-refractivity contribution in [2.24, 2.45) is 0 Å². The molecule has 1 N–H and O–H groups in total. The fraction of sp³-hybridized carbons (Fsp3) is 0.529. The first kappa shape index (κ1) is 15.2. The number of carbonyl (C=O) groups is 2. The Bertz CT molecular complexity index is 565. The lowest BCUT2D eigenvalue weighted by atomic mass is 9.89. The van der Waals surface area contributed by atoms with Crippen LogP contribution in [0.4, 0.5) is 4.39 Å². The predicted molar refractivity (Wildman–Crippen MR) is 79.9 cm³/mol. The number of rotatable bonds is 3. The molecule has 1 aromatic carbocycles. The molecule has 2 aliphatic rings. The number of hydrogen-bond donors (Lipinski definition) is 1. The molecule has 0 radical (unpaired) electrons. The number of hydrogen-bond acceptors (Lipinski definition) is 2. The van der Waals surface area contributed by atoms with E-state index in [1.807, 2.05) is 19.1 Å². The molecule has 0 saturated carbocycles. The number of piperidine rings is 1. The molecule has 0 unspecified atom stereocenters. The van der Waals surface area contributed by atoms with Gasteiger partial charge in [-0.05, 0) is 30.5 Å². The molecule has 118 valence electrons. The second-order valence-corrected chi connectivity index (χ2v) is 6.22. The van der Waals surface area contributed by atoms with Gasteiger partial charge in [-0.2, -0.15) is 0 Å². The van der Waals surface area contributed by atoms with Crippen molar-refractivity contribution in [2.45, 2.75) is 38.1 Å². The van der Waals surface area contributed by atoms with Crippen LogP contribution in [0.2, 0.25) is 0 Å². The number of amides is 2. The van der Waals surface area contributed by atoms with Crippen molar-refractivity contribution in [1.29, 1.82) is 0 Å². The van der Waals surface area contributed by atoms with Gasteiger partial charge in [-0.3, -0.25) is 14.5 Å². The van der Waals surface area contributed by atoms with Gasteiger partial charge in [0.15, 0.2) is 6.04 Å². The van der Waals surface area contributed by atoms with E-state index in [-0.39, 0.29) is 23.7 Å². The summed E-state index contributed by atoms with van der Waals surface area (Å²) in [6, 6.07) is 6.53. The van der Waals surface area contributed by atoms with Crippen LogP contribution >= 0.6 is 0 Å². The third-order valence-electron chi connectivity index (χ3n) is 5.02. The average Bonchev–Trinajstić information content (AvgIpc) is 2.82. The van der Waals surface area contributed by atoms with Gasteiger partial charge in [0.25, 0.3) is 5.91 Å². The fourth-order valence-corrected chi connectivity index (χ4v) is 3.74. The summed E-state index contributed by atoms with van der Waals surface area (Å²) < 4.78 is 13.0. The topological polar surface area (TPSA) is 41.8 Å². The number of nitrogens with one attached hydrogen (secondary N) is 1. The van der Waals surface area contributed by atoms with Gasteiger partial charge < -0.3 is 4.90 Å². The van der Waals surface area contributed by atoms with Gasteiger partial charge in [0, 0.05) is 19.4 Å². The molecule has 5 heteroatoms. The van der Waals surface area contributed by atoms with Crippen molar-refractivity contribution in [3.63, 3.8) is 0 Å². The number of imide groups is 1. The number of likely N-dealkylation sites (N-methyl/N-ethyl adjacent to an activating group) is 1. The summed E-state index contributed by atoms with van der Waals surface area (Å²) in [5.74, 6) is 0.175. The van der Waals surface area contributed by atoms with Crippen molar-refractivity contribution >= 4 is 11.8 Å². The lowest BCUT2D eigenvalue weighted by Gasteiger charge is -2.32. The van der Waals surface area contributed by atoms with Crippen LogP contribution in [0.1, 0.15) is 37.7 Å². The first-order valence-electron chi connectivity index (χ1n) is 8.04. The molecule has 0 bridgehead atoms. The Morgan fingerprint density at radius 2 is 1.82 bits per heavy atom. The molecule has 3 rings (SSSR count). The standard InChI is InChI=1S/C17H21FN2O2/c1-2-20-16(21)11-15(17(20)22)19-9-7-13(8-10-19)12-3-5-14(18)6-4-12/h3-6,13,15H,2,7-11H2,1H3/p+1/t15-/m1/s1. The zero-order valence-electron chi connectivity index (χ0n) is 12.8. The zero-order chi connectivity index (χ0) is 15.7. The number of likely N-dealkylation sites (tertiary alicyclic amines) is 2. The van der Waals surface area contributed by atoms with Gasteiger partial charge in [0.05, 0.1) is 19.5 Å². The van der Waals surface area contributed by atoms with Gasteiger partial charge in [-0.1, -0.05) is 12.1 Å². The summed E-state index contributed by atoms with van der Waals surface area (Å²) in [5.41, 5.74) is 1.17. The molecule has 4 nitrogen and oxygen atoms in total. The van der Waals surface area contributed by atoms with Crippen LogP contribution in [-0.4, -0.2) is 42.4 Å². The highest BCUT2D eigenvalue weighted by molar-refractivity contribution is 6.04. The highest BCUT2D eigenvalue weighted by atomic mass is 19.1. The number of halogens is 1. The first-order chi connectivity index (χ1) is 10.6. The van der Waals surface area contributed by atoms with E-state index in [9.17, 15) is 14.0 Å². The summed E-state index contributed by atoms with van der Waals surface area (Å²) in [5, 5.41) is 0. The Morgan fingerprint density at radius 1 is 1.18 bits per heavy atom. The maximum atomic E-state index is 13.0. The maximum Gasteiger partial charge on any atom is 0.287 e. The Balaban J connectivity index is 1.61. The SMILES string of the molecule is CCN1C(=O)C[C@@H]([NH+]2CCC(c3ccc(F)cc3)CC2)C1=O. The summed E-state index contributed by atoms with van der Waals surface area (Å²) >= 11 is 0. The van der Waals surface area contributed by atoms with E-state index in [4.69, 9.17) is 0 Å². The quantitative estimate of drug-likeness (QED) is 0.837. The molecule has 1 aromatic rings. The van der Waals surface area contributed by atoms with E-state index in [1.165, 1.54) is 27.5 Å². The van der Waals surface area contributed by atoms with Crippen LogP contribution in [-0.2, 0) is 9.59 Å². The lowest BCUT2D eigenvalue weighted by Crippen LogP contribution is -3.17. The highest BCUT2D eigenvalue weighted by Crippen LogP contribution is 2.24. The smallest absolute Gasteiger partial charge is 0.287 e. The van der Waals surface area contributed by atoms with Gasteiger partial charge in [-0.15, -0.1) is 0 Å². The van der Waals surface area contributed by atoms with E-state index in [0.717, 1.165) is 25.9 Å². The van der Waals surface area contributed by atoms with Crippen LogP contribution < -0.4 is 4.90 Å². The molecule has 22 heavy (non-hydrogen) atoms. The molecular formula is C17H22FN2O2+. The minimum atomic E-state index is -0.207. The van der Waals surface area contributed by atoms with Gasteiger partial charge in [-0.25, -0.2) is 4.39 Å². The van der Waals surface area contributed by atoms with Gasteiger partial charge >= 0.3 is 0 Å². The molecule has 2 aliphatic heterocycles. The molecule has 2 heterocycles. The minimum Gasteiger partial charge on any atom is -0.324 e. The molecule has 0 spiro atoms. The Hall–Kier alpha value is -1.75. The summed E-state index contributed by atoms with van der Waals surface area (Å²) in [6.07, 6.45) is 2.30. The minimum absolute atomic E-state index is 0.0114. The molecule has 2 amide bonds. The Kier molecular flexibility index (Phi) is 4.25. The van der Waals surface area contributed by atoms with Crippen LogP contribution in [0.3, 0.4) is 0 Å².